The Morgan fingerprint density at radius 1 is 0.970 bits per heavy atom. The number of aromatic hydroxyl groups is 1. The van der Waals surface area contributed by atoms with E-state index in [0.29, 0.717) is 22.9 Å². The van der Waals surface area contributed by atoms with E-state index in [9.17, 15) is 20.0 Å². The second-order valence-corrected chi connectivity index (χ2v) is 7.17. The molecule has 33 heavy (non-hydrogen) atoms. The van der Waals surface area contributed by atoms with Crippen LogP contribution in [-0.2, 0) is 0 Å². The molecule has 1 heterocycles. The van der Waals surface area contributed by atoms with Crippen molar-refractivity contribution < 1.29 is 14.8 Å². The average Bonchev–Trinajstić information content (AvgIpc) is 2.80. The Hall–Kier alpha value is -4.79. The molecule has 0 aliphatic rings. The van der Waals surface area contributed by atoms with Crippen molar-refractivity contribution in [2.75, 3.05) is 10.6 Å². The SMILES string of the molecule is Cc1nc(Nc2cccc(C(=O)Nc3cc([N+](=O)[O-])ccc3O)c2)cc(-c2ccccc2)n1. The first-order valence-corrected chi connectivity index (χ1v) is 9.96. The molecule has 9 heteroatoms. The number of hydrogen-bond donors (Lipinski definition) is 3. The predicted octanol–water partition coefficient (Wildman–Crippen LogP) is 5.06. The van der Waals surface area contributed by atoms with Crippen LogP contribution >= 0.6 is 0 Å². The normalized spacial score (nSPS) is 10.5. The lowest BCUT2D eigenvalue weighted by molar-refractivity contribution is -0.384. The van der Waals surface area contributed by atoms with Crippen LogP contribution in [0.2, 0.25) is 0 Å². The fraction of sp³-hybridized carbons (Fsp3) is 0.0417. The number of carbonyl (C=O) groups is 1. The van der Waals surface area contributed by atoms with E-state index < -0.39 is 10.8 Å². The first-order valence-electron chi connectivity index (χ1n) is 9.96. The zero-order chi connectivity index (χ0) is 23.4. The monoisotopic (exact) mass is 441 g/mol. The lowest BCUT2D eigenvalue weighted by atomic mass is 10.1. The second-order valence-electron chi connectivity index (χ2n) is 7.17. The van der Waals surface area contributed by atoms with Gasteiger partial charge in [0, 0.05) is 35.0 Å². The molecular weight excluding hydrogens is 422 g/mol. The Morgan fingerprint density at radius 3 is 2.52 bits per heavy atom. The number of phenolic OH excluding ortho intramolecular Hbond substituents is 1. The summed E-state index contributed by atoms with van der Waals surface area (Å²) in [5.74, 6) is 0.357. The van der Waals surface area contributed by atoms with Gasteiger partial charge in [-0.1, -0.05) is 36.4 Å². The quantitative estimate of drug-likeness (QED) is 0.216. The molecule has 1 aromatic heterocycles. The van der Waals surface area contributed by atoms with Gasteiger partial charge in [0.25, 0.3) is 11.6 Å². The molecule has 3 N–H and O–H groups in total. The zero-order valence-corrected chi connectivity index (χ0v) is 17.5. The van der Waals surface area contributed by atoms with E-state index in [0.717, 1.165) is 29.5 Å². The smallest absolute Gasteiger partial charge is 0.271 e. The number of aryl methyl sites for hydroxylation is 1. The number of hydrogen-bond acceptors (Lipinski definition) is 7. The molecule has 0 bridgehead atoms. The molecule has 0 saturated carbocycles. The maximum atomic E-state index is 12.7. The summed E-state index contributed by atoms with van der Waals surface area (Å²) in [5.41, 5.74) is 2.33. The largest absolute Gasteiger partial charge is 0.506 e. The summed E-state index contributed by atoms with van der Waals surface area (Å²) in [6, 6.07) is 21.6. The highest BCUT2D eigenvalue weighted by Gasteiger charge is 2.14. The molecule has 0 fully saturated rings. The average molecular weight is 441 g/mol. The molecular formula is C24H19N5O4. The minimum absolute atomic E-state index is 0.0495. The number of amides is 1. The molecule has 0 aliphatic heterocycles. The van der Waals surface area contributed by atoms with Crippen LogP contribution in [0.3, 0.4) is 0 Å². The molecule has 164 valence electrons. The van der Waals surface area contributed by atoms with E-state index in [4.69, 9.17) is 0 Å². The Labute approximate surface area is 188 Å². The second kappa shape index (κ2) is 9.15. The van der Waals surface area contributed by atoms with Crippen LogP contribution in [0.1, 0.15) is 16.2 Å². The van der Waals surface area contributed by atoms with Crippen molar-refractivity contribution in [1.82, 2.24) is 9.97 Å². The fourth-order valence-corrected chi connectivity index (χ4v) is 3.21. The minimum Gasteiger partial charge on any atom is -0.506 e. The van der Waals surface area contributed by atoms with Gasteiger partial charge in [0.05, 0.1) is 16.3 Å². The maximum absolute atomic E-state index is 12.7. The van der Waals surface area contributed by atoms with Gasteiger partial charge in [-0.05, 0) is 31.2 Å². The number of nitro groups is 1. The molecule has 0 radical (unpaired) electrons. The van der Waals surface area contributed by atoms with Crippen LogP contribution in [0.25, 0.3) is 11.3 Å². The number of carbonyl (C=O) groups excluding carboxylic acids is 1. The van der Waals surface area contributed by atoms with Crippen LogP contribution in [-0.4, -0.2) is 25.9 Å². The maximum Gasteiger partial charge on any atom is 0.271 e. The highest BCUT2D eigenvalue weighted by atomic mass is 16.6. The predicted molar refractivity (Wildman–Crippen MR) is 125 cm³/mol. The number of nitrogens with one attached hydrogen (secondary N) is 2. The van der Waals surface area contributed by atoms with Gasteiger partial charge in [-0.25, -0.2) is 9.97 Å². The van der Waals surface area contributed by atoms with Crippen molar-refractivity contribution in [2.24, 2.45) is 0 Å². The molecule has 4 rings (SSSR count). The minimum atomic E-state index is -0.604. The third-order valence-corrected chi connectivity index (χ3v) is 4.74. The van der Waals surface area contributed by atoms with Crippen molar-refractivity contribution >= 4 is 28.8 Å². The number of phenols is 1. The van der Waals surface area contributed by atoms with Crippen LogP contribution in [0.4, 0.5) is 22.9 Å². The van der Waals surface area contributed by atoms with Crippen molar-refractivity contribution in [3.63, 3.8) is 0 Å². The van der Waals surface area contributed by atoms with Gasteiger partial charge < -0.3 is 15.7 Å². The van der Waals surface area contributed by atoms with Crippen molar-refractivity contribution in [2.45, 2.75) is 6.92 Å². The standard InChI is InChI=1S/C24H19N5O4/c1-15-25-20(16-6-3-2-4-7-16)14-23(26-15)27-18-9-5-8-17(12-18)24(31)28-21-13-19(29(32)33)10-11-22(21)30/h2-14,30H,1H3,(H,28,31)(H,25,26,27). The number of rotatable bonds is 6. The first kappa shape index (κ1) is 21.4. The molecule has 0 saturated heterocycles. The molecule has 4 aromatic rings. The molecule has 0 spiro atoms. The summed E-state index contributed by atoms with van der Waals surface area (Å²) in [5, 5.41) is 26.6. The van der Waals surface area contributed by atoms with E-state index in [-0.39, 0.29) is 17.1 Å². The van der Waals surface area contributed by atoms with Crippen LogP contribution < -0.4 is 10.6 Å². The molecule has 3 aromatic carbocycles. The lowest BCUT2D eigenvalue weighted by Gasteiger charge is -2.11. The molecule has 0 unspecified atom stereocenters. The van der Waals surface area contributed by atoms with Gasteiger partial charge in [0.15, 0.2) is 0 Å². The number of benzene rings is 3. The van der Waals surface area contributed by atoms with Gasteiger partial charge in [-0.3, -0.25) is 14.9 Å². The highest BCUT2D eigenvalue weighted by Crippen LogP contribution is 2.29. The van der Waals surface area contributed by atoms with Gasteiger partial charge in [-0.2, -0.15) is 0 Å². The highest BCUT2D eigenvalue weighted by molar-refractivity contribution is 6.05. The van der Waals surface area contributed by atoms with Crippen molar-refractivity contribution in [1.29, 1.82) is 0 Å². The van der Waals surface area contributed by atoms with Crippen LogP contribution in [0, 0.1) is 17.0 Å². The van der Waals surface area contributed by atoms with E-state index >= 15 is 0 Å². The first-order chi connectivity index (χ1) is 15.9. The zero-order valence-electron chi connectivity index (χ0n) is 17.5. The van der Waals surface area contributed by atoms with Gasteiger partial charge in [-0.15, -0.1) is 0 Å². The van der Waals surface area contributed by atoms with Crippen LogP contribution in [0.15, 0.2) is 78.9 Å². The number of anilines is 3. The summed E-state index contributed by atoms with van der Waals surface area (Å²) in [6.45, 7) is 1.80. The molecule has 0 atom stereocenters. The Kier molecular flexibility index (Phi) is 5.94. The number of nitrogens with zero attached hydrogens (tertiary/aromatic N) is 3. The molecule has 9 nitrogen and oxygen atoms in total. The molecule has 1 amide bonds. The lowest BCUT2D eigenvalue weighted by Crippen LogP contribution is -2.12. The number of aromatic nitrogens is 2. The summed E-state index contributed by atoms with van der Waals surface area (Å²) < 4.78 is 0. The number of nitro benzene ring substituents is 1. The van der Waals surface area contributed by atoms with E-state index in [1.165, 1.54) is 0 Å². The summed E-state index contributed by atoms with van der Waals surface area (Å²) in [4.78, 5) is 32.0. The van der Waals surface area contributed by atoms with Gasteiger partial charge in [0.1, 0.15) is 17.4 Å². The number of non-ortho nitro benzene ring substituents is 1. The van der Waals surface area contributed by atoms with E-state index in [2.05, 4.69) is 20.6 Å². The Balaban J connectivity index is 1.55. The van der Waals surface area contributed by atoms with E-state index in [1.807, 2.05) is 36.4 Å². The van der Waals surface area contributed by atoms with Crippen molar-refractivity contribution in [3.8, 4) is 17.0 Å². The third kappa shape index (κ3) is 5.10. The summed E-state index contributed by atoms with van der Waals surface area (Å²) in [6.07, 6.45) is 0. The Morgan fingerprint density at radius 2 is 1.76 bits per heavy atom. The van der Waals surface area contributed by atoms with Crippen molar-refractivity contribution in [3.05, 3.63) is 100 Å². The summed E-state index contributed by atoms with van der Waals surface area (Å²) in [7, 11) is 0. The van der Waals surface area contributed by atoms with Crippen LogP contribution in [0.5, 0.6) is 5.75 Å². The fourth-order valence-electron chi connectivity index (χ4n) is 3.21. The van der Waals surface area contributed by atoms with E-state index in [1.54, 1.807) is 31.2 Å². The third-order valence-electron chi connectivity index (χ3n) is 4.74. The van der Waals surface area contributed by atoms with Gasteiger partial charge >= 0.3 is 0 Å². The van der Waals surface area contributed by atoms with Gasteiger partial charge in [0.2, 0.25) is 0 Å². The summed E-state index contributed by atoms with van der Waals surface area (Å²) >= 11 is 0. The molecule has 0 aliphatic carbocycles. The topological polar surface area (TPSA) is 130 Å². The Bertz CT molecular complexity index is 1340.